The third-order valence-corrected chi connectivity index (χ3v) is 2.94. The fourth-order valence-corrected chi connectivity index (χ4v) is 1.99. The number of aromatic nitrogens is 1. The predicted molar refractivity (Wildman–Crippen MR) is 70.9 cm³/mol. The van der Waals surface area contributed by atoms with Crippen LogP contribution in [0.2, 0.25) is 0 Å². The molecule has 4 heteroatoms. The molecule has 0 fully saturated rings. The third kappa shape index (κ3) is 2.46. The summed E-state index contributed by atoms with van der Waals surface area (Å²) in [4.78, 5) is 3.10. The van der Waals surface area contributed by atoms with Gasteiger partial charge in [-0.15, -0.1) is 0 Å². The molecule has 1 aromatic carbocycles. The Morgan fingerprint density at radius 1 is 1.28 bits per heavy atom. The summed E-state index contributed by atoms with van der Waals surface area (Å²) in [6, 6.07) is 11.5. The predicted octanol–water partition coefficient (Wildman–Crippen LogP) is 1.73. The van der Waals surface area contributed by atoms with Gasteiger partial charge >= 0.3 is 0 Å². The zero-order valence-electron chi connectivity index (χ0n) is 10.3. The van der Waals surface area contributed by atoms with Crippen molar-refractivity contribution in [2.24, 2.45) is 5.73 Å². The molecule has 18 heavy (non-hydrogen) atoms. The maximum absolute atomic E-state index is 9.67. The second-order valence-electron chi connectivity index (χ2n) is 4.41. The van der Waals surface area contributed by atoms with Crippen molar-refractivity contribution in [2.75, 3.05) is 6.61 Å². The smallest absolute Gasteiger partial charge is 0.117 e. The second-order valence-corrected chi connectivity index (χ2v) is 4.41. The number of nitrogens with two attached hydrogens (primary N) is 1. The van der Waals surface area contributed by atoms with Crippen molar-refractivity contribution in [1.82, 2.24) is 4.98 Å². The summed E-state index contributed by atoms with van der Waals surface area (Å²) < 4.78 is 0. The van der Waals surface area contributed by atoms with Crippen LogP contribution in [0.15, 0.2) is 36.4 Å². The van der Waals surface area contributed by atoms with Crippen molar-refractivity contribution >= 4 is 0 Å². The molecule has 2 atom stereocenters. The van der Waals surface area contributed by atoms with E-state index < -0.39 is 6.10 Å². The van der Waals surface area contributed by atoms with Gasteiger partial charge in [0.1, 0.15) is 6.10 Å². The lowest BCUT2D eigenvalue weighted by Crippen LogP contribution is -2.08. The number of aliphatic hydroxyl groups is 2. The number of aromatic amines is 1. The van der Waals surface area contributed by atoms with Crippen LogP contribution in [0.3, 0.4) is 0 Å². The monoisotopic (exact) mass is 246 g/mol. The molecule has 2 unspecified atom stereocenters. The number of rotatable bonds is 4. The molecule has 4 nitrogen and oxygen atoms in total. The summed E-state index contributed by atoms with van der Waals surface area (Å²) in [5.74, 6) is 0. The molecule has 0 radical (unpaired) electrons. The zero-order chi connectivity index (χ0) is 13.1. The largest absolute Gasteiger partial charge is 0.393 e. The quantitative estimate of drug-likeness (QED) is 0.663. The van der Waals surface area contributed by atoms with E-state index in [9.17, 15) is 5.11 Å². The minimum absolute atomic E-state index is 0.167. The molecule has 1 aromatic heterocycles. The average molecular weight is 246 g/mol. The first kappa shape index (κ1) is 12.8. The molecule has 0 aliphatic carbocycles. The van der Waals surface area contributed by atoms with Crippen LogP contribution in [0.25, 0.3) is 11.1 Å². The fraction of sp³-hybridized carbons (Fsp3) is 0.286. The van der Waals surface area contributed by atoms with Crippen LogP contribution in [-0.4, -0.2) is 21.8 Å². The van der Waals surface area contributed by atoms with E-state index in [1.165, 1.54) is 0 Å². The Labute approximate surface area is 106 Å². The maximum Gasteiger partial charge on any atom is 0.117 e. The molecule has 1 heterocycles. The van der Waals surface area contributed by atoms with Gasteiger partial charge in [0, 0.05) is 23.0 Å². The third-order valence-electron chi connectivity index (χ3n) is 2.94. The zero-order valence-corrected chi connectivity index (χ0v) is 10.3. The van der Waals surface area contributed by atoms with Gasteiger partial charge in [-0.05, 0) is 18.6 Å². The molecular weight excluding hydrogens is 228 g/mol. The number of nitrogens with one attached hydrogen (secondary N) is 1. The van der Waals surface area contributed by atoms with Crippen molar-refractivity contribution in [1.29, 1.82) is 0 Å². The van der Waals surface area contributed by atoms with Crippen LogP contribution in [0.1, 0.15) is 30.5 Å². The lowest BCUT2D eigenvalue weighted by atomic mass is 10.0. The van der Waals surface area contributed by atoms with Gasteiger partial charge in [-0.3, -0.25) is 0 Å². The molecule has 0 aliphatic heterocycles. The van der Waals surface area contributed by atoms with Crippen molar-refractivity contribution in [3.8, 4) is 11.1 Å². The molecule has 5 N–H and O–H groups in total. The first-order valence-electron chi connectivity index (χ1n) is 5.96. The first-order chi connectivity index (χ1) is 8.63. The van der Waals surface area contributed by atoms with Crippen LogP contribution in [0.4, 0.5) is 0 Å². The average Bonchev–Trinajstić information content (AvgIpc) is 2.84. The Balaban J connectivity index is 2.49. The lowest BCUT2D eigenvalue weighted by molar-refractivity contribution is 0.0925. The van der Waals surface area contributed by atoms with Crippen molar-refractivity contribution in [3.63, 3.8) is 0 Å². The Bertz CT molecular complexity index is 506. The molecule has 0 aliphatic rings. The standard InChI is InChI=1S/C14H18N2O2/c1-9(15)14-11(10-5-3-2-4-6-10)7-12(16-14)13(18)8-17/h2-7,9,13,16-18H,8,15H2,1H3. The van der Waals surface area contributed by atoms with E-state index in [2.05, 4.69) is 4.98 Å². The number of H-pyrrole nitrogens is 1. The molecular formula is C14H18N2O2. The van der Waals surface area contributed by atoms with Crippen LogP contribution in [0.5, 0.6) is 0 Å². The minimum Gasteiger partial charge on any atom is -0.393 e. The van der Waals surface area contributed by atoms with Gasteiger partial charge in [-0.1, -0.05) is 30.3 Å². The Morgan fingerprint density at radius 2 is 1.94 bits per heavy atom. The number of hydrogen-bond acceptors (Lipinski definition) is 3. The highest BCUT2D eigenvalue weighted by Crippen LogP contribution is 2.30. The highest BCUT2D eigenvalue weighted by Gasteiger charge is 2.16. The molecule has 2 aromatic rings. The molecule has 0 saturated heterocycles. The highest BCUT2D eigenvalue weighted by molar-refractivity contribution is 5.67. The summed E-state index contributed by atoms with van der Waals surface area (Å²) in [6.07, 6.45) is -0.903. The van der Waals surface area contributed by atoms with Crippen LogP contribution in [-0.2, 0) is 0 Å². The molecule has 2 rings (SSSR count). The molecule has 0 spiro atoms. The number of aliphatic hydroxyl groups excluding tert-OH is 2. The minimum atomic E-state index is -0.903. The van der Waals surface area contributed by atoms with E-state index in [0.29, 0.717) is 5.69 Å². The van der Waals surface area contributed by atoms with E-state index >= 15 is 0 Å². The number of benzene rings is 1. The van der Waals surface area contributed by atoms with Gasteiger partial charge in [-0.25, -0.2) is 0 Å². The van der Waals surface area contributed by atoms with Crippen molar-refractivity contribution in [2.45, 2.75) is 19.1 Å². The van der Waals surface area contributed by atoms with Crippen molar-refractivity contribution in [3.05, 3.63) is 47.8 Å². The maximum atomic E-state index is 9.67. The fourth-order valence-electron chi connectivity index (χ4n) is 1.99. The lowest BCUT2D eigenvalue weighted by Gasteiger charge is -2.07. The van der Waals surface area contributed by atoms with Gasteiger partial charge in [0.15, 0.2) is 0 Å². The second kappa shape index (κ2) is 5.35. The Hall–Kier alpha value is -1.62. The molecule has 0 amide bonds. The van der Waals surface area contributed by atoms with E-state index in [1.807, 2.05) is 43.3 Å². The molecule has 0 bridgehead atoms. The van der Waals surface area contributed by atoms with E-state index in [4.69, 9.17) is 10.8 Å². The van der Waals surface area contributed by atoms with Gasteiger partial charge in [0.25, 0.3) is 0 Å². The van der Waals surface area contributed by atoms with Crippen LogP contribution < -0.4 is 5.73 Å². The van der Waals surface area contributed by atoms with Crippen LogP contribution in [0, 0.1) is 0 Å². The summed E-state index contributed by atoms with van der Waals surface area (Å²) in [7, 11) is 0. The van der Waals surface area contributed by atoms with Crippen LogP contribution >= 0.6 is 0 Å². The van der Waals surface area contributed by atoms with Gasteiger partial charge in [0.05, 0.1) is 6.61 Å². The summed E-state index contributed by atoms with van der Waals surface area (Å²) in [6.45, 7) is 1.57. The normalized spacial score (nSPS) is 14.4. The van der Waals surface area contributed by atoms with E-state index in [-0.39, 0.29) is 12.6 Å². The van der Waals surface area contributed by atoms with E-state index in [1.54, 1.807) is 0 Å². The van der Waals surface area contributed by atoms with Gasteiger partial charge < -0.3 is 20.9 Å². The molecule has 96 valence electrons. The van der Waals surface area contributed by atoms with E-state index in [0.717, 1.165) is 16.8 Å². The Morgan fingerprint density at radius 3 is 2.50 bits per heavy atom. The SMILES string of the molecule is CC(N)c1[nH]c(C(O)CO)cc1-c1ccccc1. The van der Waals surface area contributed by atoms with Gasteiger partial charge in [-0.2, -0.15) is 0 Å². The molecule has 0 saturated carbocycles. The summed E-state index contributed by atoms with van der Waals surface area (Å²) in [5.41, 5.74) is 9.39. The Kier molecular flexibility index (Phi) is 3.81. The topological polar surface area (TPSA) is 82.3 Å². The van der Waals surface area contributed by atoms with Gasteiger partial charge in [0.2, 0.25) is 0 Å². The summed E-state index contributed by atoms with van der Waals surface area (Å²) in [5, 5.41) is 18.7. The number of hydrogen-bond donors (Lipinski definition) is 4. The van der Waals surface area contributed by atoms with Crippen molar-refractivity contribution < 1.29 is 10.2 Å². The summed E-state index contributed by atoms with van der Waals surface area (Å²) >= 11 is 0. The highest BCUT2D eigenvalue weighted by atomic mass is 16.3. The first-order valence-corrected chi connectivity index (χ1v) is 5.96.